The number of hydrogen-bond donors (Lipinski definition) is 1. The zero-order chi connectivity index (χ0) is 25.1. The van der Waals surface area contributed by atoms with E-state index in [1.54, 1.807) is 6.21 Å². The Labute approximate surface area is 199 Å². The van der Waals surface area contributed by atoms with Gasteiger partial charge in [-0.05, 0) is 72.5 Å². The Hall–Kier alpha value is -2.70. The Kier molecular flexibility index (Phi) is 8.09. The van der Waals surface area contributed by atoms with Gasteiger partial charge in [0.1, 0.15) is 12.7 Å². The van der Waals surface area contributed by atoms with Crippen LogP contribution in [0.4, 0.5) is 0 Å². The molecule has 7 nitrogen and oxygen atoms in total. The molecule has 33 heavy (non-hydrogen) atoms. The quantitative estimate of drug-likeness (QED) is 0.307. The summed E-state index contributed by atoms with van der Waals surface area (Å²) in [5.74, 6) is 0. The van der Waals surface area contributed by atoms with Crippen molar-refractivity contribution in [2.75, 3.05) is 7.05 Å². The lowest BCUT2D eigenvalue weighted by atomic mass is 10.1. The van der Waals surface area contributed by atoms with E-state index in [1.165, 1.54) is 4.74 Å². The molecule has 0 saturated carbocycles. The van der Waals surface area contributed by atoms with Crippen molar-refractivity contribution in [2.24, 2.45) is 0 Å². The van der Waals surface area contributed by atoms with Crippen molar-refractivity contribution in [3.05, 3.63) is 45.6 Å². The maximum Gasteiger partial charge on any atom is 0.243 e. The van der Waals surface area contributed by atoms with Crippen molar-refractivity contribution in [1.82, 2.24) is 19.9 Å². The molecule has 0 aliphatic heterocycles. The molecule has 2 aromatic rings. The van der Waals surface area contributed by atoms with E-state index in [0.29, 0.717) is 5.69 Å². The van der Waals surface area contributed by atoms with Crippen LogP contribution in [0.1, 0.15) is 93.5 Å². The molecule has 0 amide bonds. The van der Waals surface area contributed by atoms with Crippen molar-refractivity contribution in [3.8, 4) is 0 Å². The van der Waals surface area contributed by atoms with E-state index < -0.39 is 5.54 Å². The Bertz CT molecular complexity index is 986. The van der Waals surface area contributed by atoms with Gasteiger partial charge in [-0.15, -0.1) is 0 Å². The number of rotatable bonds is 6. The third-order valence-electron chi connectivity index (χ3n) is 5.89. The number of hydrogen-bond acceptors (Lipinski definition) is 5. The number of aromatic nitrogens is 4. The van der Waals surface area contributed by atoms with E-state index in [0.717, 1.165) is 59.1 Å². The molecular formula is C26H42N6O+2. The number of aryl methyl sites for hydroxylation is 6. The second-order valence-electron chi connectivity index (χ2n) is 10.9. The monoisotopic (exact) mass is 454 g/mol. The minimum Gasteiger partial charge on any atom is -0.290 e. The van der Waals surface area contributed by atoms with Crippen molar-refractivity contribution in [2.45, 2.75) is 99.6 Å². The van der Waals surface area contributed by atoms with Crippen LogP contribution >= 0.6 is 0 Å². The van der Waals surface area contributed by atoms with E-state index in [9.17, 15) is 5.21 Å². The molecule has 2 heterocycles. The zero-order valence-electron chi connectivity index (χ0n) is 22.4. The van der Waals surface area contributed by atoms with E-state index >= 15 is 0 Å². The van der Waals surface area contributed by atoms with Gasteiger partial charge in [-0.3, -0.25) is 15.2 Å². The lowest BCUT2D eigenvalue weighted by Gasteiger charge is -2.14. The third kappa shape index (κ3) is 7.14. The molecule has 1 N–H and O–H groups in total. The summed E-state index contributed by atoms with van der Waals surface area (Å²) in [6.07, 6.45) is 6.32. The first kappa shape index (κ1) is 26.6. The molecule has 0 aliphatic rings. The van der Waals surface area contributed by atoms with E-state index in [4.69, 9.17) is 15.0 Å². The van der Waals surface area contributed by atoms with Crippen molar-refractivity contribution in [3.63, 3.8) is 0 Å². The molecule has 0 aliphatic carbocycles. The highest BCUT2D eigenvalue weighted by atomic mass is 16.5. The molecule has 0 radical (unpaired) electrons. The summed E-state index contributed by atoms with van der Waals surface area (Å²) in [5, 5.41) is 10.2. The summed E-state index contributed by atoms with van der Waals surface area (Å²) in [7, 11) is 2.07. The molecular weight excluding hydrogens is 412 g/mol. The van der Waals surface area contributed by atoms with Crippen LogP contribution in [0.25, 0.3) is 0 Å². The minimum atomic E-state index is -0.396. The smallest absolute Gasteiger partial charge is 0.243 e. The van der Waals surface area contributed by atoms with Crippen LogP contribution in [0.15, 0.2) is 0 Å². The molecule has 2 aromatic heterocycles. The molecule has 180 valence electrons. The van der Waals surface area contributed by atoms with Gasteiger partial charge in [0.15, 0.2) is 17.4 Å². The fraction of sp³-hybridized carbons (Fsp3) is 0.615. The first-order chi connectivity index (χ1) is 15.1. The van der Waals surface area contributed by atoms with Gasteiger partial charge >= 0.3 is 0 Å². The van der Waals surface area contributed by atoms with Crippen LogP contribution in [0.3, 0.4) is 0 Å². The maximum atomic E-state index is 10.2. The maximum absolute atomic E-state index is 10.2. The van der Waals surface area contributed by atoms with Gasteiger partial charge in [0.25, 0.3) is 0 Å². The predicted molar refractivity (Wildman–Crippen MR) is 133 cm³/mol. The Morgan fingerprint density at radius 1 is 0.667 bits per heavy atom. The second-order valence-corrected chi connectivity index (χ2v) is 10.9. The van der Waals surface area contributed by atoms with Gasteiger partial charge in [0.05, 0.1) is 34.2 Å². The van der Waals surface area contributed by atoms with Gasteiger partial charge < -0.3 is 0 Å². The average Bonchev–Trinajstić information content (AvgIpc) is 2.67. The molecule has 0 saturated heterocycles. The third-order valence-corrected chi connectivity index (χ3v) is 5.89. The Balaban J connectivity index is 2.14. The van der Waals surface area contributed by atoms with Crippen molar-refractivity contribution in [1.29, 1.82) is 0 Å². The van der Waals surface area contributed by atoms with Gasteiger partial charge in [-0.1, -0.05) is 0 Å². The van der Waals surface area contributed by atoms with Crippen LogP contribution in [-0.4, -0.2) is 65.0 Å². The van der Waals surface area contributed by atoms with Gasteiger partial charge in [-0.25, -0.2) is 14.5 Å². The van der Waals surface area contributed by atoms with Crippen molar-refractivity contribution < 1.29 is 14.5 Å². The SMILES string of the molecule is Cc1nc(CCCc2nc(C)c(/C=[N+](\O)C(C)(C)C)nc2C)c(C)nc1C=[N+](C)C(C)(C)C. The zero-order valence-corrected chi connectivity index (χ0v) is 22.4. The minimum absolute atomic E-state index is 0.0350. The summed E-state index contributed by atoms with van der Waals surface area (Å²) in [6, 6.07) is 0. The number of nitrogens with zero attached hydrogens (tertiary/aromatic N) is 6. The van der Waals surface area contributed by atoms with Gasteiger partial charge in [0, 0.05) is 20.8 Å². The van der Waals surface area contributed by atoms with Crippen molar-refractivity contribution >= 4 is 12.4 Å². The fourth-order valence-electron chi connectivity index (χ4n) is 3.16. The summed E-state index contributed by atoms with van der Waals surface area (Å²) in [5.41, 5.74) is 6.91. The highest BCUT2D eigenvalue weighted by Gasteiger charge is 2.25. The molecule has 0 spiro atoms. The van der Waals surface area contributed by atoms with Gasteiger partial charge in [-0.2, -0.15) is 0 Å². The van der Waals surface area contributed by atoms with Crippen LogP contribution in [-0.2, 0) is 12.8 Å². The molecule has 0 fully saturated rings. The summed E-state index contributed by atoms with van der Waals surface area (Å²) >= 11 is 0. The van der Waals surface area contributed by atoms with Crippen LogP contribution in [0.2, 0.25) is 0 Å². The first-order valence-electron chi connectivity index (χ1n) is 11.7. The van der Waals surface area contributed by atoms with Gasteiger partial charge in [0.2, 0.25) is 11.8 Å². The Morgan fingerprint density at radius 3 is 1.48 bits per heavy atom. The lowest BCUT2D eigenvalue weighted by Crippen LogP contribution is -2.31. The number of hydroxylamine groups is 1. The van der Waals surface area contributed by atoms with Crippen LogP contribution in [0.5, 0.6) is 0 Å². The lowest BCUT2D eigenvalue weighted by molar-refractivity contribution is -0.816. The fourth-order valence-corrected chi connectivity index (χ4v) is 3.16. The first-order valence-corrected chi connectivity index (χ1v) is 11.7. The Morgan fingerprint density at radius 2 is 1.09 bits per heavy atom. The predicted octanol–water partition coefficient (Wildman–Crippen LogP) is 4.15. The van der Waals surface area contributed by atoms with E-state index in [-0.39, 0.29) is 5.54 Å². The largest absolute Gasteiger partial charge is 0.290 e. The molecule has 2 rings (SSSR count). The van der Waals surface area contributed by atoms with Crippen LogP contribution < -0.4 is 0 Å². The van der Waals surface area contributed by atoms with E-state index in [2.05, 4.69) is 43.6 Å². The molecule has 0 atom stereocenters. The molecule has 0 bridgehead atoms. The second kappa shape index (κ2) is 10.1. The molecule has 7 heteroatoms. The molecule has 0 unspecified atom stereocenters. The topological polar surface area (TPSA) is 77.8 Å². The summed E-state index contributed by atoms with van der Waals surface area (Å²) in [4.78, 5) is 19.1. The summed E-state index contributed by atoms with van der Waals surface area (Å²) < 4.78 is 3.36. The standard InChI is InChI=1S/C26H42N6O/c1-17-21(27-19(3)23(29-17)15-31(11)25(5,6)7)13-12-14-22-18(2)30-24(20(4)28-22)16-32(33)26(8,9)10/h15-16,33H,12-14H2,1-11H3/q+2. The highest BCUT2D eigenvalue weighted by Crippen LogP contribution is 2.14. The highest BCUT2D eigenvalue weighted by molar-refractivity contribution is 5.74. The van der Waals surface area contributed by atoms with Crippen LogP contribution in [0, 0.1) is 27.7 Å². The van der Waals surface area contributed by atoms with E-state index in [1.807, 2.05) is 48.5 Å². The average molecular weight is 455 g/mol. The normalized spacial score (nSPS) is 13.5. The molecule has 0 aromatic carbocycles. The summed E-state index contributed by atoms with van der Waals surface area (Å²) in [6.45, 7) is 20.3.